The molecule has 1 fully saturated rings. The number of esters is 1. The largest absolute Gasteiger partial charge is 0.465 e. The fraction of sp³-hybridized carbons (Fsp3) is 0.318. The van der Waals surface area contributed by atoms with Crippen LogP contribution in [-0.2, 0) is 11.3 Å². The molecule has 7 heteroatoms. The third-order valence-corrected chi connectivity index (χ3v) is 5.49. The van der Waals surface area contributed by atoms with E-state index in [1.54, 1.807) is 18.2 Å². The molecule has 0 spiro atoms. The van der Waals surface area contributed by atoms with Crippen molar-refractivity contribution < 1.29 is 14.3 Å². The summed E-state index contributed by atoms with van der Waals surface area (Å²) in [7, 11) is 1.38. The predicted octanol–water partition coefficient (Wildman–Crippen LogP) is 3.18. The fourth-order valence-corrected chi connectivity index (χ4v) is 4.00. The molecule has 0 radical (unpaired) electrons. The van der Waals surface area contributed by atoms with Crippen molar-refractivity contribution in [2.45, 2.75) is 31.8 Å². The molecule has 4 rings (SSSR count). The van der Waals surface area contributed by atoms with Gasteiger partial charge in [0.15, 0.2) is 0 Å². The van der Waals surface area contributed by atoms with E-state index in [2.05, 4.69) is 9.88 Å². The van der Waals surface area contributed by atoms with Crippen molar-refractivity contribution in [3.05, 3.63) is 65.0 Å². The molecule has 0 saturated carbocycles. The summed E-state index contributed by atoms with van der Waals surface area (Å²) in [6.07, 6.45) is 3.25. The fourth-order valence-electron chi connectivity index (χ4n) is 4.00. The smallest absolute Gasteiger partial charge is 0.337 e. The summed E-state index contributed by atoms with van der Waals surface area (Å²) in [4.78, 5) is 33.9. The number of primary amides is 1. The topological polar surface area (TPSA) is 101 Å². The number of carbonyl (C=O) groups is 2. The molecule has 1 atom stereocenters. The highest BCUT2D eigenvalue weighted by Crippen LogP contribution is 2.32. The minimum atomic E-state index is -0.472. The highest BCUT2D eigenvalue weighted by atomic mass is 16.5. The zero-order valence-corrected chi connectivity index (χ0v) is 16.4. The maximum atomic E-state index is 11.7. The van der Waals surface area contributed by atoms with Crippen molar-refractivity contribution in [1.29, 1.82) is 0 Å². The van der Waals surface area contributed by atoms with Crippen molar-refractivity contribution >= 4 is 22.9 Å². The number of aromatic amines is 1. The number of nitrogens with one attached hydrogen (secondary N) is 1. The van der Waals surface area contributed by atoms with Gasteiger partial charge in [-0.3, -0.25) is 9.69 Å². The molecule has 2 heterocycles. The van der Waals surface area contributed by atoms with E-state index in [1.165, 1.54) is 7.11 Å². The lowest BCUT2D eigenvalue weighted by Gasteiger charge is -2.34. The normalized spacial score (nSPS) is 17.3. The number of hydrogen-bond donors (Lipinski definition) is 2. The van der Waals surface area contributed by atoms with Crippen molar-refractivity contribution in [2.75, 3.05) is 13.7 Å². The van der Waals surface area contributed by atoms with Gasteiger partial charge in [0.2, 0.25) is 0 Å². The molecule has 1 aliphatic heterocycles. The summed E-state index contributed by atoms with van der Waals surface area (Å²) in [5.41, 5.74) is 9.06. The molecule has 7 nitrogen and oxygen atoms in total. The van der Waals surface area contributed by atoms with Crippen LogP contribution in [0.4, 0.5) is 0 Å². The number of piperidine rings is 1. The minimum Gasteiger partial charge on any atom is -0.465 e. The number of likely N-dealkylation sites (tertiary alicyclic amines) is 1. The van der Waals surface area contributed by atoms with E-state index in [9.17, 15) is 9.59 Å². The Kier molecular flexibility index (Phi) is 5.31. The number of hydrogen-bond acceptors (Lipinski definition) is 5. The summed E-state index contributed by atoms with van der Waals surface area (Å²) < 4.78 is 4.76. The van der Waals surface area contributed by atoms with Crippen LogP contribution in [0.15, 0.2) is 42.5 Å². The van der Waals surface area contributed by atoms with Gasteiger partial charge < -0.3 is 15.5 Å². The van der Waals surface area contributed by atoms with E-state index >= 15 is 0 Å². The quantitative estimate of drug-likeness (QED) is 0.650. The maximum absolute atomic E-state index is 11.7. The highest BCUT2D eigenvalue weighted by molar-refractivity contribution is 6.04. The van der Waals surface area contributed by atoms with Crippen LogP contribution < -0.4 is 5.73 Å². The predicted molar refractivity (Wildman–Crippen MR) is 109 cm³/mol. The molecule has 1 saturated heterocycles. The number of fused-ring (bicyclic) bond motifs is 1. The Morgan fingerprint density at radius 3 is 2.72 bits per heavy atom. The molecule has 1 aliphatic rings. The van der Waals surface area contributed by atoms with E-state index in [4.69, 9.17) is 15.5 Å². The molecular weight excluding hydrogens is 368 g/mol. The first-order chi connectivity index (χ1) is 14.1. The second-order valence-electron chi connectivity index (χ2n) is 7.36. The van der Waals surface area contributed by atoms with Crippen molar-refractivity contribution in [2.24, 2.45) is 5.73 Å². The van der Waals surface area contributed by atoms with E-state index in [-0.39, 0.29) is 12.0 Å². The average Bonchev–Trinajstić information content (AvgIpc) is 3.18. The number of methoxy groups -OCH3 is 1. The monoisotopic (exact) mass is 392 g/mol. The molecular formula is C22H24N4O3. The van der Waals surface area contributed by atoms with Gasteiger partial charge in [0.25, 0.3) is 5.91 Å². The lowest BCUT2D eigenvalue weighted by atomic mass is 10.0. The van der Waals surface area contributed by atoms with Crippen LogP contribution in [0.1, 0.15) is 57.4 Å². The third-order valence-electron chi connectivity index (χ3n) is 5.49. The number of benzene rings is 2. The van der Waals surface area contributed by atoms with E-state index in [0.717, 1.165) is 49.3 Å². The molecule has 0 unspecified atom stereocenters. The van der Waals surface area contributed by atoms with Crippen LogP contribution in [0, 0.1) is 0 Å². The van der Waals surface area contributed by atoms with Crippen LogP contribution in [0.25, 0.3) is 11.0 Å². The van der Waals surface area contributed by atoms with Gasteiger partial charge in [-0.1, -0.05) is 24.6 Å². The summed E-state index contributed by atoms with van der Waals surface area (Å²) >= 11 is 0. The Bertz CT molecular complexity index is 1040. The van der Waals surface area contributed by atoms with Gasteiger partial charge in [0.1, 0.15) is 11.3 Å². The summed E-state index contributed by atoms with van der Waals surface area (Å²) in [5, 5.41) is 0. The lowest BCUT2D eigenvalue weighted by Crippen LogP contribution is -2.33. The SMILES string of the molecule is COC(=O)c1ccc(CN2CCCC[C@H]2c2nc3c(C(N)=O)cccc3[nH]2)cc1. The first-order valence-electron chi connectivity index (χ1n) is 9.76. The number of aromatic nitrogens is 2. The van der Waals surface area contributed by atoms with Crippen molar-refractivity contribution in [3.8, 4) is 0 Å². The number of rotatable bonds is 5. The highest BCUT2D eigenvalue weighted by Gasteiger charge is 2.27. The Morgan fingerprint density at radius 2 is 2.00 bits per heavy atom. The Morgan fingerprint density at radius 1 is 1.21 bits per heavy atom. The van der Waals surface area contributed by atoms with E-state index in [1.807, 2.05) is 24.3 Å². The molecule has 3 aromatic rings. The zero-order valence-electron chi connectivity index (χ0n) is 16.4. The molecule has 3 N–H and O–H groups in total. The van der Waals surface area contributed by atoms with E-state index in [0.29, 0.717) is 16.6 Å². The molecule has 29 heavy (non-hydrogen) atoms. The van der Waals surface area contributed by atoms with Crippen LogP contribution in [0.5, 0.6) is 0 Å². The Hall–Kier alpha value is -3.19. The zero-order chi connectivity index (χ0) is 20.4. The lowest BCUT2D eigenvalue weighted by molar-refractivity contribution is 0.0600. The van der Waals surface area contributed by atoms with Gasteiger partial charge in [-0.25, -0.2) is 9.78 Å². The average molecular weight is 392 g/mol. The minimum absolute atomic E-state index is 0.136. The van der Waals surface area contributed by atoms with Crippen molar-refractivity contribution in [3.63, 3.8) is 0 Å². The molecule has 0 bridgehead atoms. The summed E-state index contributed by atoms with van der Waals surface area (Å²) in [6, 6.07) is 13.1. The van der Waals surface area contributed by atoms with Gasteiger partial charge in [-0.2, -0.15) is 0 Å². The van der Waals surface area contributed by atoms with Gasteiger partial charge in [-0.05, 0) is 49.2 Å². The second kappa shape index (κ2) is 8.05. The van der Waals surface area contributed by atoms with Crippen LogP contribution in [0.3, 0.4) is 0 Å². The summed E-state index contributed by atoms with van der Waals surface area (Å²) in [5.74, 6) is 0.0550. The Labute approximate surface area is 168 Å². The van der Waals surface area contributed by atoms with Gasteiger partial charge >= 0.3 is 5.97 Å². The first-order valence-corrected chi connectivity index (χ1v) is 9.76. The van der Waals surface area contributed by atoms with Crippen molar-refractivity contribution in [1.82, 2.24) is 14.9 Å². The maximum Gasteiger partial charge on any atom is 0.337 e. The summed E-state index contributed by atoms with van der Waals surface area (Å²) in [6.45, 7) is 1.72. The number of amides is 1. The number of para-hydroxylation sites is 1. The van der Waals surface area contributed by atoms with Crippen LogP contribution in [-0.4, -0.2) is 40.4 Å². The molecule has 150 valence electrons. The third kappa shape index (κ3) is 3.86. The number of nitrogens with zero attached hydrogens (tertiary/aromatic N) is 2. The number of nitrogens with two attached hydrogens (primary N) is 1. The number of carbonyl (C=O) groups excluding carboxylic acids is 2. The number of H-pyrrole nitrogens is 1. The molecule has 0 aliphatic carbocycles. The van der Waals surface area contributed by atoms with Crippen LogP contribution in [0.2, 0.25) is 0 Å². The van der Waals surface area contributed by atoms with Gasteiger partial charge in [-0.15, -0.1) is 0 Å². The molecule has 1 amide bonds. The van der Waals surface area contributed by atoms with Gasteiger partial charge in [0, 0.05) is 6.54 Å². The second-order valence-corrected chi connectivity index (χ2v) is 7.36. The molecule has 1 aromatic heterocycles. The first kappa shape index (κ1) is 19.1. The molecule has 2 aromatic carbocycles. The number of ether oxygens (including phenoxy) is 1. The van der Waals surface area contributed by atoms with Crippen LogP contribution >= 0.6 is 0 Å². The van der Waals surface area contributed by atoms with E-state index < -0.39 is 5.91 Å². The Balaban J connectivity index is 1.59. The number of imidazole rings is 1. The van der Waals surface area contributed by atoms with Gasteiger partial charge in [0.05, 0.1) is 29.8 Å². The standard InChI is InChI=1S/C22H24N4O3/c1-29-22(28)15-10-8-14(9-11-15)13-26-12-3-2-7-18(26)21-24-17-6-4-5-16(20(23)27)19(17)25-21/h4-6,8-11,18H,2-3,7,12-13H2,1H3,(H2,23,27)(H,24,25)/t18-/m0/s1.